The first-order chi connectivity index (χ1) is 10.7. The molecule has 0 atom stereocenters. The molecule has 0 amide bonds. The van der Waals surface area contributed by atoms with Gasteiger partial charge in [-0.15, -0.1) is 0 Å². The zero-order chi connectivity index (χ0) is 15.5. The molecule has 110 valence electrons. The maximum absolute atomic E-state index is 6.40. The Labute approximate surface area is 130 Å². The summed E-state index contributed by atoms with van der Waals surface area (Å²) in [6, 6.07) is 11.9. The Morgan fingerprint density at radius 1 is 1.09 bits per heavy atom. The van der Waals surface area contributed by atoms with E-state index in [-0.39, 0.29) is 0 Å². The second kappa shape index (κ2) is 5.90. The molecule has 22 heavy (non-hydrogen) atoms. The third kappa shape index (κ3) is 2.66. The predicted molar refractivity (Wildman–Crippen MR) is 92.1 cm³/mol. The molecule has 0 bridgehead atoms. The molecule has 4 N–H and O–H groups in total. The number of benzene rings is 1. The van der Waals surface area contributed by atoms with Crippen molar-refractivity contribution in [1.29, 1.82) is 0 Å². The van der Waals surface area contributed by atoms with Crippen LogP contribution in [0, 0.1) is 6.92 Å². The third-order valence-electron chi connectivity index (χ3n) is 3.85. The van der Waals surface area contributed by atoms with Crippen LogP contribution in [0.3, 0.4) is 0 Å². The highest BCUT2D eigenvalue weighted by Gasteiger charge is 2.05. The average Bonchev–Trinajstić information content (AvgIpc) is 2.57. The van der Waals surface area contributed by atoms with Crippen LogP contribution in [0.4, 0.5) is 5.69 Å². The van der Waals surface area contributed by atoms with Gasteiger partial charge in [0.05, 0.1) is 22.8 Å². The van der Waals surface area contributed by atoms with Crippen molar-refractivity contribution in [3.8, 4) is 0 Å². The number of hydrogen-bond donors (Lipinski definition) is 2. The summed E-state index contributed by atoms with van der Waals surface area (Å²) in [5.74, 6) is 0. The Hall–Kier alpha value is -2.81. The predicted octanol–water partition coefficient (Wildman–Crippen LogP) is 1.75. The Bertz CT molecular complexity index is 889. The molecule has 1 aromatic carbocycles. The summed E-state index contributed by atoms with van der Waals surface area (Å²) >= 11 is 0. The smallest absolute Gasteiger partial charge is 0.0870 e. The van der Waals surface area contributed by atoms with Crippen LogP contribution in [0.5, 0.6) is 0 Å². The van der Waals surface area contributed by atoms with Gasteiger partial charge in [0.1, 0.15) is 0 Å². The summed E-state index contributed by atoms with van der Waals surface area (Å²) in [4.78, 5) is 4.51. The zero-order valence-corrected chi connectivity index (χ0v) is 12.6. The Kier molecular flexibility index (Phi) is 3.79. The highest BCUT2D eigenvalue weighted by atomic mass is 14.8. The first-order valence-corrected chi connectivity index (χ1v) is 7.31. The van der Waals surface area contributed by atoms with Gasteiger partial charge < -0.3 is 11.5 Å². The van der Waals surface area contributed by atoms with Crippen LogP contribution < -0.4 is 21.9 Å². The van der Waals surface area contributed by atoms with E-state index in [1.807, 2.05) is 37.3 Å². The van der Waals surface area contributed by atoms with E-state index in [0.29, 0.717) is 11.4 Å². The SMILES string of the molecule is Cc1nc(/C(N)=c2\cccc\c2=C2/C=CC=CC2)ccc1N. The van der Waals surface area contributed by atoms with E-state index in [0.717, 1.165) is 28.2 Å². The van der Waals surface area contributed by atoms with E-state index in [1.165, 1.54) is 5.57 Å². The van der Waals surface area contributed by atoms with Gasteiger partial charge in [0, 0.05) is 5.22 Å². The van der Waals surface area contributed by atoms with Gasteiger partial charge in [0.25, 0.3) is 0 Å². The number of rotatable bonds is 1. The molecule has 0 unspecified atom stereocenters. The highest BCUT2D eigenvalue weighted by molar-refractivity contribution is 5.66. The first kappa shape index (κ1) is 14.1. The van der Waals surface area contributed by atoms with Gasteiger partial charge in [-0.05, 0) is 36.3 Å². The molecule has 0 spiro atoms. The fourth-order valence-electron chi connectivity index (χ4n) is 2.57. The van der Waals surface area contributed by atoms with Gasteiger partial charge in [-0.1, -0.05) is 48.6 Å². The highest BCUT2D eigenvalue weighted by Crippen LogP contribution is 2.11. The van der Waals surface area contributed by atoms with Crippen LogP contribution in [-0.4, -0.2) is 4.98 Å². The second-order valence-corrected chi connectivity index (χ2v) is 5.35. The monoisotopic (exact) mass is 289 g/mol. The van der Waals surface area contributed by atoms with Gasteiger partial charge in [-0.2, -0.15) is 0 Å². The molecular formula is C19H19N3. The normalized spacial score (nSPS) is 17.5. The van der Waals surface area contributed by atoms with Crippen LogP contribution in [0.1, 0.15) is 17.8 Å². The Balaban J connectivity index is 2.29. The average molecular weight is 289 g/mol. The van der Waals surface area contributed by atoms with Crippen molar-refractivity contribution in [2.24, 2.45) is 5.73 Å². The van der Waals surface area contributed by atoms with Crippen molar-refractivity contribution >= 4 is 17.0 Å². The van der Waals surface area contributed by atoms with E-state index in [2.05, 4.69) is 35.4 Å². The van der Waals surface area contributed by atoms with E-state index >= 15 is 0 Å². The molecule has 0 aliphatic heterocycles. The van der Waals surface area contributed by atoms with Crippen molar-refractivity contribution < 1.29 is 0 Å². The maximum atomic E-state index is 6.40. The second-order valence-electron chi connectivity index (χ2n) is 5.35. The van der Waals surface area contributed by atoms with Crippen LogP contribution >= 0.6 is 0 Å². The number of nitrogens with zero attached hydrogens (tertiary/aromatic N) is 1. The number of aromatic nitrogens is 1. The quantitative estimate of drug-likeness (QED) is 0.840. The van der Waals surface area contributed by atoms with Crippen LogP contribution in [0.25, 0.3) is 11.3 Å². The number of anilines is 1. The third-order valence-corrected chi connectivity index (χ3v) is 3.85. The molecular weight excluding hydrogens is 270 g/mol. The van der Waals surface area contributed by atoms with Crippen molar-refractivity contribution in [3.63, 3.8) is 0 Å². The molecule has 3 rings (SSSR count). The fourth-order valence-corrected chi connectivity index (χ4v) is 2.57. The van der Waals surface area contributed by atoms with Crippen LogP contribution in [0.15, 0.2) is 60.7 Å². The summed E-state index contributed by atoms with van der Waals surface area (Å²) < 4.78 is 0. The minimum atomic E-state index is 0.675. The fraction of sp³-hybridized carbons (Fsp3) is 0.105. The van der Waals surface area contributed by atoms with Crippen molar-refractivity contribution in [2.75, 3.05) is 5.73 Å². The van der Waals surface area contributed by atoms with E-state index in [1.54, 1.807) is 0 Å². The minimum Gasteiger partial charge on any atom is -0.397 e. The molecule has 0 fully saturated rings. The van der Waals surface area contributed by atoms with E-state index in [9.17, 15) is 0 Å². The lowest BCUT2D eigenvalue weighted by Gasteiger charge is -2.07. The molecule has 3 nitrogen and oxygen atoms in total. The summed E-state index contributed by atoms with van der Waals surface area (Å²) in [5, 5.41) is 2.16. The van der Waals surface area contributed by atoms with Crippen molar-refractivity contribution in [2.45, 2.75) is 13.3 Å². The number of allylic oxidation sites excluding steroid dienone is 4. The molecule has 0 saturated heterocycles. The number of hydrogen-bond acceptors (Lipinski definition) is 3. The molecule has 1 aliphatic rings. The van der Waals surface area contributed by atoms with E-state index < -0.39 is 0 Å². The zero-order valence-electron chi connectivity index (χ0n) is 12.6. The summed E-state index contributed by atoms with van der Waals surface area (Å²) in [6.07, 6.45) is 9.30. The Morgan fingerprint density at radius 2 is 1.91 bits per heavy atom. The van der Waals surface area contributed by atoms with Gasteiger partial charge in [-0.25, -0.2) is 4.98 Å². The molecule has 2 aromatic rings. The molecule has 3 heteroatoms. The summed E-state index contributed by atoms with van der Waals surface area (Å²) in [6.45, 7) is 1.89. The molecule has 0 radical (unpaired) electrons. The maximum Gasteiger partial charge on any atom is 0.0870 e. The summed E-state index contributed by atoms with van der Waals surface area (Å²) in [7, 11) is 0. The molecule has 0 saturated carbocycles. The number of pyridine rings is 1. The van der Waals surface area contributed by atoms with Gasteiger partial charge in [0.15, 0.2) is 0 Å². The van der Waals surface area contributed by atoms with Crippen molar-refractivity contribution in [3.05, 3.63) is 82.5 Å². The number of nitrogens with two attached hydrogens (primary N) is 2. The Morgan fingerprint density at radius 3 is 2.64 bits per heavy atom. The number of aryl methyl sites for hydroxylation is 1. The van der Waals surface area contributed by atoms with Gasteiger partial charge in [-0.3, -0.25) is 0 Å². The number of nitrogen functional groups attached to an aromatic ring is 1. The minimum absolute atomic E-state index is 0.675. The van der Waals surface area contributed by atoms with Crippen LogP contribution in [-0.2, 0) is 0 Å². The van der Waals surface area contributed by atoms with Gasteiger partial charge in [0.2, 0.25) is 0 Å². The van der Waals surface area contributed by atoms with Crippen molar-refractivity contribution in [1.82, 2.24) is 4.98 Å². The molecule has 1 heterocycles. The largest absolute Gasteiger partial charge is 0.397 e. The lowest BCUT2D eigenvalue weighted by molar-refractivity contribution is 1.16. The van der Waals surface area contributed by atoms with Gasteiger partial charge >= 0.3 is 0 Å². The van der Waals surface area contributed by atoms with Crippen LogP contribution in [0.2, 0.25) is 0 Å². The standard InChI is InChI=1S/C19H19N3/c1-13-17(20)11-12-18(22-13)19(21)16-10-6-5-9-15(16)14-7-3-2-4-8-14/h2-7,9-12H,8,20-21H2,1H3/b15-14-,19-16-. The topological polar surface area (TPSA) is 64.9 Å². The van der Waals surface area contributed by atoms with E-state index in [4.69, 9.17) is 11.5 Å². The molecule has 1 aliphatic carbocycles. The summed E-state index contributed by atoms with van der Waals surface area (Å²) in [5.41, 5.74) is 16.4. The first-order valence-electron chi connectivity index (χ1n) is 7.31. The lowest BCUT2D eigenvalue weighted by atomic mass is 10.0. The lowest BCUT2D eigenvalue weighted by Crippen LogP contribution is -2.32. The molecule has 1 aromatic heterocycles.